The highest BCUT2D eigenvalue weighted by atomic mass is 15.1. The van der Waals surface area contributed by atoms with Gasteiger partial charge in [0, 0.05) is 31.2 Å². The molecule has 1 aliphatic heterocycles. The average Bonchev–Trinajstić information content (AvgIpc) is 2.32. The summed E-state index contributed by atoms with van der Waals surface area (Å²) < 4.78 is 0. The van der Waals surface area contributed by atoms with Gasteiger partial charge in [-0.25, -0.2) is 0 Å². The second kappa shape index (κ2) is 4.96. The SMILES string of the molecule is C=CCC1CCN(c2ccncc2)CC1. The largest absolute Gasteiger partial charge is 0.371 e. The quantitative estimate of drug-likeness (QED) is 0.701. The first-order valence-corrected chi connectivity index (χ1v) is 5.66. The maximum Gasteiger partial charge on any atom is 0.0397 e. The van der Waals surface area contributed by atoms with Crippen molar-refractivity contribution in [2.24, 2.45) is 5.92 Å². The first-order valence-electron chi connectivity index (χ1n) is 5.66. The van der Waals surface area contributed by atoms with E-state index >= 15 is 0 Å². The Morgan fingerprint density at radius 2 is 2.00 bits per heavy atom. The van der Waals surface area contributed by atoms with Crippen molar-refractivity contribution in [2.45, 2.75) is 19.3 Å². The number of allylic oxidation sites excluding steroid dienone is 1. The maximum absolute atomic E-state index is 4.04. The van der Waals surface area contributed by atoms with Gasteiger partial charge in [-0.1, -0.05) is 6.08 Å². The van der Waals surface area contributed by atoms with E-state index in [0.717, 1.165) is 5.92 Å². The topological polar surface area (TPSA) is 16.1 Å². The molecule has 0 unspecified atom stereocenters. The molecule has 0 aliphatic carbocycles. The Morgan fingerprint density at radius 3 is 2.60 bits per heavy atom. The van der Waals surface area contributed by atoms with Crippen LogP contribution >= 0.6 is 0 Å². The van der Waals surface area contributed by atoms with Gasteiger partial charge in [0.05, 0.1) is 0 Å². The third-order valence-electron chi connectivity index (χ3n) is 3.14. The lowest BCUT2D eigenvalue weighted by Gasteiger charge is -2.33. The molecule has 1 aromatic heterocycles. The summed E-state index contributed by atoms with van der Waals surface area (Å²) in [5, 5.41) is 0. The van der Waals surface area contributed by atoms with E-state index in [4.69, 9.17) is 0 Å². The molecule has 0 aromatic carbocycles. The lowest BCUT2D eigenvalue weighted by molar-refractivity contribution is 0.410. The summed E-state index contributed by atoms with van der Waals surface area (Å²) in [6, 6.07) is 4.18. The number of nitrogens with zero attached hydrogens (tertiary/aromatic N) is 2. The Kier molecular flexibility index (Phi) is 3.38. The number of piperidine rings is 1. The number of hydrogen-bond donors (Lipinski definition) is 0. The van der Waals surface area contributed by atoms with Crippen LogP contribution in [0, 0.1) is 5.92 Å². The van der Waals surface area contributed by atoms with Gasteiger partial charge in [-0.15, -0.1) is 6.58 Å². The van der Waals surface area contributed by atoms with E-state index in [0.29, 0.717) is 0 Å². The van der Waals surface area contributed by atoms with Crippen LogP contribution < -0.4 is 4.90 Å². The van der Waals surface area contributed by atoms with Crippen molar-refractivity contribution in [3.63, 3.8) is 0 Å². The fourth-order valence-corrected chi connectivity index (χ4v) is 2.22. The van der Waals surface area contributed by atoms with E-state index in [9.17, 15) is 0 Å². The monoisotopic (exact) mass is 202 g/mol. The zero-order chi connectivity index (χ0) is 10.5. The minimum absolute atomic E-state index is 0.848. The fourth-order valence-electron chi connectivity index (χ4n) is 2.22. The molecule has 15 heavy (non-hydrogen) atoms. The van der Waals surface area contributed by atoms with Crippen molar-refractivity contribution in [3.8, 4) is 0 Å². The number of rotatable bonds is 3. The van der Waals surface area contributed by atoms with Crippen LogP contribution in [0.4, 0.5) is 5.69 Å². The minimum atomic E-state index is 0.848. The Morgan fingerprint density at radius 1 is 1.33 bits per heavy atom. The van der Waals surface area contributed by atoms with Crippen molar-refractivity contribution in [1.82, 2.24) is 4.98 Å². The summed E-state index contributed by atoms with van der Waals surface area (Å²) >= 11 is 0. The van der Waals surface area contributed by atoms with E-state index in [2.05, 4.69) is 28.6 Å². The van der Waals surface area contributed by atoms with E-state index < -0.39 is 0 Å². The van der Waals surface area contributed by atoms with Gasteiger partial charge in [0.2, 0.25) is 0 Å². The lowest BCUT2D eigenvalue weighted by Crippen LogP contribution is -2.33. The lowest BCUT2D eigenvalue weighted by atomic mass is 9.93. The highest BCUT2D eigenvalue weighted by Gasteiger charge is 2.17. The summed E-state index contributed by atoms with van der Waals surface area (Å²) in [6.07, 6.45) is 9.52. The second-order valence-corrected chi connectivity index (χ2v) is 4.16. The summed E-state index contributed by atoms with van der Waals surface area (Å²) in [5.41, 5.74) is 1.31. The van der Waals surface area contributed by atoms with Gasteiger partial charge in [-0.05, 0) is 37.3 Å². The molecule has 1 saturated heterocycles. The van der Waals surface area contributed by atoms with E-state index in [1.165, 1.54) is 38.0 Å². The smallest absolute Gasteiger partial charge is 0.0397 e. The van der Waals surface area contributed by atoms with Gasteiger partial charge in [-0.2, -0.15) is 0 Å². The van der Waals surface area contributed by atoms with Crippen LogP contribution in [0.5, 0.6) is 0 Å². The fraction of sp³-hybridized carbons (Fsp3) is 0.462. The standard InChI is InChI=1S/C13H18N2/c1-2-3-12-6-10-15(11-7-12)13-4-8-14-9-5-13/h2,4-5,8-9,12H,1,3,6-7,10-11H2. The zero-order valence-electron chi connectivity index (χ0n) is 9.10. The second-order valence-electron chi connectivity index (χ2n) is 4.16. The number of aromatic nitrogens is 1. The van der Waals surface area contributed by atoms with Crippen molar-refractivity contribution in [3.05, 3.63) is 37.2 Å². The highest BCUT2D eigenvalue weighted by molar-refractivity contribution is 5.44. The summed E-state index contributed by atoms with van der Waals surface area (Å²) in [5.74, 6) is 0.848. The van der Waals surface area contributed by atoms with Crippen LogP contribution in [0.2, 0.25) is 0 Å². The molecule has 0 saturated carbocycles. The highest BCUT2D eigenvalue weighted by Crippen LogP contribution is 2.24. The Balaban J connectivity index is 1.91. The van der Waals surface area contributed by atoms with Crippen LogP contribution in [0.3, 0.4) is 0 Å². The molecule has 1 fully saturated rings. The van der Waals surface area contributed by atoms with Gasteiger partial charge in [-0.3, -0.25) is 4.98 Å². The van der Waals surface area contributed by atoms with Gasteiger partial charge in [0.25, 0.3) is 0 Å². The van der Waals surface area contributed by atoms with Crippen LogP contribution in [-0.2, 0) is 0 Å². The van der Waals surface area contributed by atoms with Gasteiger partial charge in [0.15, 0.2) is 0 Å². The molecule has 0 amide bonds. The van der Waals surface area contributed by atoms with E-state index in [-0.39, 0.29) is 0 Å². The molecule has 1 aliphatic rings. The maximum atomic E-state index is 4.04. The van der Waals surface area contributed by atoms with Crippen LogP contribution in [0.1, 0.15) is 19.3 Å². The summed E-state index contributed by atoms with van der Waals surface area (Å²) in [4.78, 5) is 6.49. The zero-order valence-corrected chi connectivity index (χ0v) is 9.10. The minimum Gasteiger partial charge on any atom is -0.371 e. The van der Waals surface area contributed by atoms with Crippen LogP contribution in [0.15, 0.2) is 37.2 Å². The predicted molar refractivity (Wildman–Crippen MR) is 64.0 cm³/mol. The normalized spacial score (nSPS) is 17.7. The average molecular weight is 202 g/mol. The van der Waals surface area contributed by atoms with Crippen molar-refractivity contribution in [2.75, 3.05) is 18.0 Å². The third kappa shape index (κ3) is 2.58. The number of hydrogen-bond acceptors (Lipinski definition) is 2. The molecule has 2 heteroatoms. The summed E-state index contributed by atoms with van der Waals surface area (Å²) in [7, 11) is 0. The van der Waals surface area contributed by atoms with Gasteiger partial charge in [0.1, 0.15) is 0 Å². The molecule has 0 N–H and O–H groups in total. The Hall–Kier alpha value is -1.31. The molecule has 2 heterocycles. The molecule has 0 bridgehead atoms. The first kappa shape index (κ1) is 10.2. The molecular weight excluding hydrogens is 184 g/mol. The van der Waals surface area contributed by atoms with Gasteiger partial charge < -0.3 is 4.90 Å². The molecular formula is C13H18N2. The van der Waals surface area contributed by atoms with Crippen molar-refractivity contribution in [1.29, 1.82) is 0 Å². The van der Waals surface area contributed by atoms with Crippen LogP contribution in [-0.4, -0.2) is 18.1 Å². The predicted octanol–water partition coefficient (Wildman–Crippen LogP) is 2.87. The van der Waals surface area contributed by atoms with Crippen molar-refractivity contribution < 1.29 is 0 Å². The molecule has 80 valence electrons. The Bertz CT molecular complexity index is 300. The molecule has 0 radical (unpaired) electrons. The summed E-state index contributed by atoms with van der Waals surface area (Å²) in [6.45, 7) is 6.15. The van der Waals surface area contributed by atoms with Crippen LogP contribution in [0.25, 0.3) is 0 Å². The third-order valence-corrected chi connectivity index (χ3v) is 3.14. The van der Waals surface area contributed by atoms with Crippen molar-refractivity contribution >= 4 is 5.69 Å². The molecule has 0 spiro atoms. The van der Waals surface area contributed by atoms with E-state index in [1.54, 1.807) is 0 Å². The Labute approximate surface area is 91.6 Å². The molecule has 2 nitrogen and oxygen atoms in total. The van der Waals surface area contributed by atoms with Gasteiger partial charge >= 0.3 is 0 Å². The first-order chi connectivity index (χ1) is 7.40. The molecule has 2 rings (SSSR count). The number of pyridine rings is 1. The molecule has 0 atom stereocenters. The number of anilines is 1. The molecule has 1 aromatic rings. The van der Waals surface area contributed by atoms with E-state index in [1.807, 2.05) is 18.5 Å².